The van der Waals surface area contributed by atoms with Gasteiger partial charge in [-0.1, -0.05) is 6.92 Å². The second-order valence-electron chi connectivity index (χ2n) is 4.57. The van der Waals surface area contributed by atoms with Gasteiger partial charge in [0.25, 0.3) is 0 Å². The Bertz CT molecular complexity index is 458. The van der Waals surface area contributed by atoms with Crippen LogP contribution < -0.4 is 5.32 Å². The minimum atomic E-state index is -3.40. The van der Waals surface area contributed by atoms with Crippen molar-refractivity contribution >= 4 is 19.9 Å². The van der Waals surface area contributed by atoms with E-state index in [0.717, 1.165) is 0 Å². The van der Waals surface area contributed by atoms with Crippen molar-refractivity contribution in [3.05, 3.63) is 0 Å². The summed E-state index contributed by atoms with van der Waals surface area (Å²) in [5.74, 6) is 0.0147. The molecule has 1 N–H and O–H groups in total. The van der Waals surface area contributed by atoms with Crippen molar-refractivity contribution < 1.29 is 16.8 Å². The van der Waals surface area contributed by atoms with Gasteiger partial charge >= 0.3 is 0 Å². The van der Waals surface area contributed by atoms with Gasteiger partial charge in [-0.25, -0.2) is 21.1 Å². The molecular formula is C10H22N2O4S2. The number of hydrogen-bond acceptors (Lipinski definition) is 5. The second kappa shape index (κ2) is 6.31. The predicted octanol–water partition coefficient (Wildman–Crippen LogP) is -0.565. The molecule has 0 spiro atoms. The summed E-state index contributed by atoms with van der Waals surface area (Å²) >= 11 is 0. The van der Waals surface area contributed by atoms with Crippen molar-refractivity contribution in [2.75, 3.05) is 37.7 Å². The largest absolute Gasteiger partial charge is 0.316 e. The molecule has 1 heterocycles. The van der Waals surface area contributed by atoms with Crippen molar-refractivity contribution in [1.82, 2.24) is 9.62 Å². The Morgan fingerprint density at radius 3 is 2.56 bits per heavy atom. The Morgan fingerprint density at radius 1 is 1.28 bits per heavy atom. The summed E-state index contributed by atoms with van der Waals surface area (Å²) in [6, 6.07) is 0. The van der Waals surface area contributed by atoms with E-state index in [2.05, 4.69) is 5.32 Å². The number of hydrogen-bond donors (Lipinski definition) is 1. The second-order valence-corrected chi connectivity index (χ2v) is 9.22. The van der Waals surface area contributed by atoms with Crippen LogP contribution in [0.25, 0.3) is 0 Å². The molecule has 1 saturated heterocycles. The summed E-state index contributed by atoms with van der Waals surface area (Å²) in [7, 11) is -6.48. The van der Waals surface area contributed by atoms with Crippen LogP contribution in [0.3, 0.4) is 0 Å². The summed E-state index contributed by atoms with van der Waals surface area (Å²) in [6.45, 7) is 5.06. The molecule has 0 amide bonds. The highest BCUT2D eigenvalue weighted by Crippen LogP contribution is 2.13. The lowest BCUT2D eigenvalue weighted by atomic mass is 10.5. The fourth-order valence-corrected chi connectivity index (χ4v) is 4.83. The third-order valence-electron chi connectivity index (χ3n) is 3.06. The topological polar surface area (TPSA) is 83.6 Å². The molecule has 6 nitrogen and oxygen atoms in total. The van der Waals surface area contributed by atoms with Crippen LogP contribution in [-0.2, 0) is 19.9 Å². The fourth-order valence-electron chi connectivity index (χ4n) is 1.88. The highest BCUT2D eigenvalue weighted by atomic mass is 32.2. The standard InChI is InChI=1S/C10H22N2O4S2/c1-3-11-9-10(2)18(15,16)12-5-4-7-17(13,14)8-6-12/h10-11H,3-9H2,1-2H3. The highest BCUT2D eigenvalue weighted by molar-refractivity contribution is 7.91. The monoisotopic (exact) mass is 298 g/mol. The molecule has 8 heteroatoms. The maximum atomic E-state index is 12.2. The molecule has 1 aliphatic heterocycles. The van der Waals surface area contributed by atoms with Crippen LogP contribution >= 0.6 is 0 Å². The zero-order valence-corrected chi connectivity index (χ0v) is 12.6. The van der Waals surface area contributed by atoms with E-state index in [9.17, 15) is 16.8 Å². The Kier molecular flexibility index (Phi) is 5.57. The van der Waals surface area contributed by atoms with Gasteiger partial charge in [0.1, 0.15) is 0 Å². The molecule has 0 aliphatic carbocycles. The van der Waals surface area contributed by atoms with Crippen LogP contribution in [0, 0.1) is 0 Å². The van der Waals surface area contributed by atoms with Gasteiger partial charge in [0.2, 0.25) is 10.0 Å². The van der Waals surface area contributed by atoms with Gasteiger partial charge in [0.05, 0.1) is 16.8 Å². The summed E-state index contributed by atoms with van der Waals surface area (Å²) in [5.41, 5.74) is 0. The first-order chi connectivity index (χ1) is 8.29. The van der Waals surface area contributed by atoms with E-state index < -0.39 is 25.1 Å². The average Bonchev–Trinajstić information content (AvgIpc) is 2.47. The summed E-state index contributed by atoms with van der Waals surface area (Å²) in [5, 5.41) is 2.47. The van der Waals surface area contributed by atoms with Crippen LogP contribution in [0.15, 0.2) is 0 Å². The van der Waals surface area contributed by atoms with Gasteiger partial charge in [0.15, 0.2) is 9.84 Å². The number of rotatable bonds is 5. The molecule has 1 fully saturated rings. The predicted molar refractivity (Wildman–Crippen MR) is 71.8 cm³/mol. The Hall–Kier alpha value is -0.180. The molecule has 0 aromatic heterocycles. The Labute approximate surface area is 110 Å². The third kappa shape index (κ3) is 4.18. The minimum absolute atomic E-state index is 0.0693. The molecule has 1 unspecified atom stereocenters. The van der Waals surface area contributed by atoms with Gasteiger partial charge < -0.3 is 5.32 Å². The minimum Gasteiger partial charge on any atom is -0.316 e. The van der Waals surface area contributed by atoms with Crippen LogP contribution in [0.4, 0.5) is 0 Å². The summed E-state index contributed by atoms with van der Waals surface area (Å²) < 4.78 is 48.7. The summed E-state index contributed by atoms with van der Waals surface area (Å²) in [4.78, 5) is 0. The normalized spacial score (nSPS) is 23.4. The maximum Gasteiger partial charge on any atom is 0.217 e. The van der Waals surface area contributed by atoms with E-state index >= 15 is 0 Å². The van der Waals surface area contributed by atoms with Gasteiger partial charge in [-0.2, -0.15) is 0 Å². The highest BCUT2D eigenvalue weighted by Gasteiger charge is 2.31. The lowest BCUT2D eigenvalue weighted by Gasteiger charge is -2.24. The molecule has 0 aromatic rings. The molecule has 0 radical (unpaired) electrons. The molecule has 18 heavy (non-hydrogen) atoms. The van der Waals surface area contributed by atoms with Gasteiger partial charge in [-0.15, -0.1) is 0 Å². The lowest BCUT2D eigenvalue weighted by molar-refractivity contribution is 0.425. The molecule has 108 valence electrons. The third-order valence-corrected chi connectivity index (χ3v) is 7.05. The average molecular weight is 298 g/mol. The number of sulfone groups is 1. The molecule has 0 saturated carbocycles. The van der Waals surface area contributed by atoms with Crippen molar-refractivity contribution in [3.63, 3.8) is 0 Å². The van der Waals surface area contributed by atoms with E-state index in [-0.39, 0.29) is 18.1 Å². The van der Waals surface area contributed by atoms with Gasteiger partial charge in [-0.05, 0) is 19.9 Å². The molecule has 1 aliphatic rings. The molecule has 0 bridgehead atoms. The lowest BCUT2D eigenvalue weighted by Crippen LogP contribution is -2.43. The van der Waals surface area contributed by atoms with Crippen LogP contribution in [0.2, 0.25) is 0 Å². The number of nitrogens with zero attached hydrogens (tertiary/aromatic N) is 1. The number of nitrogens with one attached hydrogen (secondary N) is 1. The van der Waals surface area contributed by atoms with Gasteiger partial charge in [-0.3, -0.25) is 0 Å². The van der Waals surface area contributed by atoms with Crippen molar-refractivity contribution in [3.8, 4) is 0 Å². The first-order valence-electron chi connectivity index (χ1n) is 6.19. The van der Waals surface area contributed by atoms with E-state index in [1.54, 1.807) is 6.92 Å². The quantitative estimate of drug-likeness (QED) is 0.735. The first kappa shape index (κ1) is 15.9. The van der Waals surface area contributed by atoms with Crippen molar-refractivity contribution in [2.24, 2.45) is 0 Å². The SMILES string of the molecule is CCNCC(C)S(=O)(=O)N1CCCS(=O)(=O)CC1. The summed E-state index contributed by atoms with van der Waals surface area (Å²) in [6.07, 6.45) is 0.384. The van der Waals surface area contributed by atoms with Gasteiger partial charge in [0, 0.05) is 19.6 Å². The van der Waals surface area contributed by atoms with Crippen LogP contribution in [0.1, 0.15) is 20.3 Å². The van der Waals surface area contributed by atoms with E-state index in [0.29, 0.717) is 26.1 Å². The molecule has 1 atom stereocenters. The smallest absolute Gasteiger partial charge is 0.217 e. The zero-order chi connectivity index (χ0) is 13.8. The van der Waals surface area contributed by atoms with E-state index in [1.807, 2.05) is 6.92 Å². The van der Waals surface area contributed by atoms with Crippen molar-refractivity contribution in [2.45, 2.75) is 25.5 Å². The molecule has 0 aromatic carbocycles. The fraction of sp³-hybridized carbons (Fsp3) is 1.00. The zero-order valence-electron chi connectivity index (χ0n) is 10.9. The molecule has 1 rings (SSSR count). The Balaban J connectivity index is 2.73. The Morgan fingerprint density at radius 2 is 1.94 bits per heavy atom. The van der Waals surface area contributed by atoms with Crippen LogP contribution in [0.5, 0.6) is 0 Å². The first-order valence-corrected chi connectivity index (χ1v) is 9.52. The van der Waals surface area contributed by atoms with Crippen LogP contribution in [-0.4, -0.2) is 64.1 Å². The van der Waals surface area contributed by atoms with E-state index in [1.165, 1.54) is 4.31 Å². The maximum absolute atomic E-state index is 12.2. The van der Waals surface area contributed by atoms with E-state index in [4.69, 9.17) is 0 Å². The number of sulfonamides is 1. The molecular weight excluding hydrogens is 276 g/mol. The van der Waals surface area contributed by atoms with Crippen molar-refractivity contribution in [1.29, 1.82) is 0 Å².